The summed E-state index contributed by atoms with van der Waals surface area (Å²) in [5.74, 6) is 2.13. The van der Waals surface area contributed by atoms with Crippen LogP contribution in [0.3, 0.4) is 0 Å². The average molecular weight is 278 g/mol. The van der Waals surface area contributed by atoms with Crippen LogP contribution in [0, 0.1) is 17.8 Å². The van der Waals surface area contributed by atoms with Gasteiger partial charge in [0, 0.05) is 17.1 Å². The molecule has 3 N–H and O–H groups in total. The van der Waals surface area contributed by atoms with E-state index in [4.69, 9.17) is 5.73 Å². The van der Waals surface area contributed by atoms with Crippen LogP contribution in [0.25, 0.3) is 0 Å². The highest BCUT2D eigenvalue weighted by Crippen LogP contribution is 2.56. The van der Waals surface area contributed by atoms with E-state index in [-0.39, 0.29) is 5.54 Å². The zero-order chi connectivity index (χ0) is 13.0. The molecule has 0 saturated heterocycles. The number of nitrogens with one attached hydrogen (secondary N) is 1. The molecule has 4 aliphatic rings. The minimum absolute atomic E-state index is 0.174. The van der Waals surface area contributed by atoms with Crippen LogP contribution >= 0.6 is 11.5 Å². The minimum Gasteiger partial charge on any atom is -0.368 e. The maximum Gasteiger partial charge on any atom is 0.272 e. The number of nitrogens with zero attached hydrogens (tertiary/aromatic N) is 2. The Morgan fingerprint density at radius 1 is 1.21 bits per heavy atom. The highest BCUT2D eigenvalue weighted by Gasteiger charge is 2.51. The second kappa shape index (κ2) is 3.91. The number of hydrogen-bond acceptors (Lipinski definition) is 5. The predicted molar refractivity (Wildman–Crippen MR) is 73.0 cm³/mol. The van der Waals surface area contributed by atoms with Gasteiger partial charge >= 0.3 is 0 Å². The largest absolute Gasteiger partial charge is 0.368 e. The van der Waals surface area contributed by atoms with E-state index in [1.54, 1.807) is 0 Å². The van der Waals surface area contributed by atoms with Crippen molar-refractivity contribution in [3.8, 4) is 0 Å². The van der Waals surface area contributed by atoms with E-state index in [9.17, 15) is 4.79 Å². The van der Waals surface area contributed by atoms with Crippen molar-refractivity contribution >= 4 is 22.4 Å². The number of amides is 1. The molecule has 19 heavy (non-hydrogen) atoms. The van der Waals surface area contributed by atoms with Gasteiger partial charge in [0.1, 0.15) is 5.00 Å². The Balaban J connectivity index is 1.62. The molecule has 0 atom stereocenters. The zero-order valence-corrected chi connectivity index (χ0v) is 11.6. The highest BCUT2D eigenvalue weighted by molar-refractivity contribution is 7.10. The van der Waals surface area contributed by atoms with Crippen LogP contribution in [0.4, 0.5) is 5.00 Å². The third-order valence-corrected chi connectivity index (χ3v) is 5.78. The van der Waals surface area contributed by atoms with E-state index in [0.717, 1.165) is 22.8 Å². The second-order valence-corrected chi connectivity index (χ2v) is 7.39. The molecule has 0 radical (unpaired) electrons. The summed E-state index contributed by atoms with van der Waals surface area (Å²) in [5.41, 5.74) is 5.83. The van der Waals surface area contributed by atoms with Crippen molar-refractivity contribution in [2.24, 2.45) is 23.5 Å². The fraction of sp³-hybridized carbons (Fsp3) is 0.769. The van der Waals surface area contributed by atoms with E-state index < -0.39 is 5.91 Å². The first kappa shape index (κ1) is 11.6. The smallest absolute Gasteiger partial charge is 0.272 e. The summed E-state index contributed by atoms with van der Waals surface area (Å²) in [6, 6.07) is 0. The van der Waals surface area contributed by atoms with Gasteiger partial charge in [-0.15, -0.1) is 5.10 Å². The number of hydrogen-bond donors (Lipinski definition) is 2. The van der Waals surface area contributed by atoms with Crippen molar-refractivity contribution in [2.45, 2.75) is 44.1 Å². The van der Waals surface area contributed by atoms with Crippen LogP contribution in [0.5, 0.6) is 0 Å². The van der Waals surface area contributed by atoms with Gasteiger partial charge in [0.05, 0.1) is 0 Å². The monoisotopic (exact) mass is 278 g/mol. The number of primary amides is 1. The van der Waals surface area contributed by atoms with E-state index in [2.05, 4.69) is 14.9 Å². The van der Waals surface area contributed by atoms with E-state index in [1.165, 1.54) is 50.1 Å². The maximum atomic E-state index is 11.4. The highest BCUT2D eigenvalue weighted by atomic mass is 32.1. The molecule has 0 aliphatic heterocycles. The van der Waals surface area contributed by atoms with Crippen molar-refractivity contribution in [3.05, 3.63) is 5.69 Å². The molecule has 4 fully saturated rings. The van der Waals surface area contributed by atoms with Crippen LogP contribution in [0.15, 0.2) is 0 Å². The number of aromatic nitrogens is 2. The number of carbonyl (C=O) groups excluding carboxylic acids is 1. The van der Waals surface area contributed by atoms with Crippen LogP contribution < -0.4 is 11.1 Å². The van der Waals surface area contributed by atoms with Gasteiger partial charge in [-0.1, -0.05) is 4.49 Å². The Bertz CT molecular complexity index is 491. The lowest BCUT2D eigenvalue weighted by atomic mass is 9.53. The van der Waals surface area contributed by atoms with Crippen LogP contribution in [-0.2, 0) is 0 Å². The Morgan fingerprint density at radius 2 is 1.79 bits per heavy atom. The SMILES string of the molecule is NC(=O)c1nnsc1NC12CC3CC(CC(C3)C1)C2. The molecule has 4 aliphatic carbocycles. The van der Waals surface area contributed by atoms with Gasteiger partial charge < -0.3 is 11.1 Å². The van der Waals surface area contributed by atoms with E-state index >= 15 is 0 Å². The molecule has 0 aromatic carbocycles. The molecule has 6 heteroatoms. The van der Waals surface area contributed by atoms with Gasteiger partial charge in [0.2, 0.25) is 0 Å². The molecule has 4 saturated carbocycles. The number of anilines is 1. The third-order valence-electron chi connectivity index (χ3n) is 5.14. The van der Waals surface area contributed by atoms with Crippen molar-refractivity contribution in [1.29, 1.82) is 0 Å². The van der Waals surface area contributed by atoms with Crippen molar-refractivity contribution in [2.75, 3.05) is 5.32 Å². The lowest BCUT2D eigenvalue weighted by molar-refractivity contribution is 0.0108. The first-order valence-electron chi connectivity index (χ1n) is 7.04. The molecule has 1 heterocycles. The molecule has 5 nitrogen and oxygen atoms in total. The van der Waals surface area contributed by atoms with Gasteiger partial charge in [0.15, 0.2) is 5.69 Å². The van der Waals surface area contributed by atoms with Gasteiger partial charge in [-0.3, -0.25) is 4.79 Å². The van der Waals surface area contributed by atoms with Crippen molar-refractivity contribution in [3.63, 3.8) is 0 Å². The fourth-order valence-corrected chi connectivity index (χ4v) is 5.63. The maximum absolute atomic E-state index is 11.4. The van der Waals surface area contributed by atoms with Crippen LogP contribution in [0.1, 0.15) is 49.0 Å². The average Bonchev–Trinajstić information content (AvgIpc) is 2.74. The molecule has 0 unspecified atom stereocenters. The topological polar surface area (TPSA) is 80.9 Å². The Labute approximate surface area is 116 Å². The normalized spacial score (nSPS) is 39.5. The first-order chi connectivity index (χ1) is 9.13. The molecular formula is C13H18N4OS. The Kier molecular flexibility index (Phi) is 2.40. The molecule has 1 amide bonds. The van der Waals surface area contributed by atoms with E-state index in [0.29, 0.717) is 5.69 Å². The van der Waals surface area contributed by atoms with Crippen molar-refractivity contribution in [1.82, 2.24) is 9.59 Å². The van der Waals surface area contributed by atoms with Gasteiger partial charge in [-0.25, -0.2) is 0 Å². The number of nitrogens with two attached hydrogens (primary N) is 1. The Morgan fingerprint density at radius 3 is 2.32 bits per heavy atom. The quantitative estimate of drug-likeness (QED) is 0.886. The van der Waals surface area contributed by atoms with Gasteiger partial charge in [-0.2, -0.15) is 0 Å². The molecule has 0 spiro atoms. The summed E-state index contributed by atoms with van der Waals surface area (Å²) in [7, 11) is 0. The summed E-state index contributed by atoms with van der Waals surface area (Å²) in [6.07, 6.45) is 7.92. The van der Waals surface area contributed by atoms with Gasteiger partial charge in [-0.05, 0) is 56.3 Å². The lowest BCUT2D eigenvalue weighted by Crippen LogP contribution is -2.54. The Hall–Kier alpha value is -1.17. The fourth-order valence-electron chi connectivity index (χ4n) is 4.94. The number of carbonyl (C=O) groups is 1. The molecule has 102 valence electrons. The van der Waals surface area contributed by atoms with Crippen LogP contribution in [-0.4, -0.2) is 21.0 Å². The summed E-state index contributed by atoms with van der Waals surface area (Å²) < 4.78 is 3.87. The first-order valence-corrected chi connectivity index (χ1v) is 7.81. The second-order valence-electron chi connectivity index (χ2n) is 6.64. The molecular weight excluding hydrogens is 260 g/mol. The molecule has 1 aromatic heterocycles. The van der Waals surface area contributed by atoms with Crippen LogP contribution in [0.2, 0.25) is 0 Å². The van der Waals surface area contributed by atoms with Crippen molar-refractivity contribution < 1.29 is 4.79 Å². The summed E-state index contributed by atoms with van der Waals surface area (Å²) in [6.45, 7) is 0. The molecule has 1 aromatic rings. The standard InChI is InChI=1S/C13H18N4OS/c14-11(18)10-12(19-17-16-10)15-13-4-7-1-8(5-13)3-9(2-7)6-13/h7-9,15H,1-6H2,(H2,14,18). The zero-order valence-electron chi connectivity index (χ0n) is 10.8. The summed E-state index contributed by atoms with van der Waals surface area (Å²) >= 11 is 1.25. The summed E-state index contributed by atoms with van der Waals surface area (Å²) in [4.78, 5) is 11.4. The summed E-state index contributed by atoms with van der Waals surface area (Å²) in [5, 5.41) is 8.23. The third kappa shape index (κ3) is 1.84. The molecule has 4 bridgehead atoms. The number of rotatable bonds is 3. The minimum atomic E-state index is -0.485. The lowest BCUT2D eigenvalue weighted by Gasteiger charge is -2.57. The predicted octanol–water partition coefficient (Wildman–Crippen LogP) is 2.02. The van der Waals surface area contributed by atoms with Gasteiger partial charge in [0.25, 0.3) is 5.91 Å². The van der Waals surface area contributed by atoms with E-state index in [1.807, 2.05) is 0 Å². The molecule has 5 rings (SSSR count).